The van der Waals surface area contributed by atoms with Gasteiger partial charge in [0.2, 0.25) is 5.91 Å². The number of pyridine rings is 1. The molecule has 0 aliphatic carbocycles. The molecule has 0 spiro atoms. The first kappa shape index (κ1) is 15.9. The van der Waals surface area contributed by atoms with E-state index in [-0.39, 0.29) is 17.1 Å². The summed E-state index contributed by atoms with van der Waals surface area (Å²) in [7, 11) is 0. The van der Waals surface area contributed by atoms with E-state index in [9.17, 15) is 19.3 Å². The van der Waals surface area contributed by atoms with Crippen LogP contribution in [0.15, 0.2) is 53.9 Å². The van der Waals surface area contributed by atoms with Gasteiger partial charge in [0, 0.05) is 18.3 Å². The monoisotopic (exact) mass is 346 g/mol. The summed E-state index contributed by atoms with van der Waals surface area (Å²) in [5.74, 6) is -1.21. The van der Waals surface area contributed by atoms with Crippen LogP contribution in [0.5, 0.6) is 0 Å². The van der Waals surface area contributed by atoms with Gasteiger partial charge in [0.25, 0.3) is 5.69 Å². The topological polar surface area (TPSA) is 89.5 Å². The van der Waals surface area contributed by atoms with Crippen molar-refractivity contribution in [1.82, 2.24) is 9.38 Å². The number of amides is 1. The number of aromatic nitrogens is 2. The first-order chi connectivity index (χ1) is 11.5. The molecule has 0 radical (unpaired) electrons. The molecule has 1 N–H and O–H groups in total. The van der Waals surface area contributed by atoms with E-state index in [0.29, 0.717) is 5.16 Å². The van der Waals surface area contributed by atoms with Gasteiger partial charge in [0.05, 0.1) is 28.1 Å². The molecule has 0 fully saturated rings. The second-order valence-corrected chi connectivity index (χ2v) is 5.74. The molecule has 1 aromatic carbocycles. The number of nitro benzene ring substituents is 1. The summed E-state index contributed by atoms with van der Waals surface area (Å²) < 4.78 is 15.5. The zero-order chi connectivity index (χ0) is 17.1. The van der Waals surface area contributed by atoms with Crippen molar-refractivity contribution >= 4 is 34.6 Å². The lowest BCUT2D eigenvalue weighted by Gasteiger charge is -2.06. The Morgan fingerprint density at radius 2 is 2.21 bits per heavy atom. The number of benzene rings is 1. The van der Waals surface area contributed by atoms with Crippen molar-refractivity contribution in [3.05, 3.63) is 64.7 Å². The molecule has 0 atom stereocenters. The predicted molar refractivity (Wildman–Crippen MR) is 87.6 cm³/mol. The Labute approximate surface area is 139 Å². The van der Waals surface area contributed by atoms with E-state index in [1.807, 2.05) is 28.8 Å². The van der Waals surface area contributed by atoms with Crippen molar-refractivity contribution in [2.45, 2.75) is 5.16 Å². The Morgan fingerprint density at radius 3 is 3.00 bits per heavy atom. The molecule has 2 heterocycles. The minimum Gasteiger partial charge on any atom is -0.323 e. The molecule has 0 aliphatic rings. The first-order valence-corrected chi connectivity index (χ1v) is 7.82. The number of thioether (sulfide) groups is 1. The molecule has 3 aromatic rings. The van der Waals surface area contributed by atoms with E-state index in [1.54, 1.807) is 6.20 Å². The Hall–Kier alpha value is -2.94. The lowest BCUT2D eigenvalue weighted by Crippen LogP contribution is -2.15. The average Bonchev–Trinajstić information content (AvgIpc) is 2.98. The maximum atomic E-state index is 13.7. The third kappa shape index (κ3) is 3.35. The molecule has 9 heteroatoms. The Balaban J connectivity index is 1.68. The first-order valence-electron chi connectivity index (χ1n) is 6.83. The number of imidazole rings is 1. The van der Waals surface area contributed by atoms with Crippen molar-refractivity contribution in [3.63, 3.8) is 0 Å². The highest BCUT2D eigenvalue weighted by molar-refractivity contribution is 7.99. The van der Waals surface area contributed by atoms with Crippen LogP contribution in [0.25, 0.3) is 5.52 Å². The van der Waals surface area contributed by atoms with Gasteiger partial charge in [-0.05, 0) is 18.2 Å². The number of nitrogens with one attached hydrogen (secondary N) is 1. The smallest absolute Gasteiger partial charge is 0.271 e. The fourth-order valence-electron chi connectivity index (χ4n) is 2.07. The van der Waals surface area contributed by atoms with Crippen LogP contribution in [0, 0.1) is 15.9 Å². The lowest BCUT2D eigenvalue weighted by atomic mass is 10.2. The molecule has 0 aliphatic heterocycles. The minimum atomic E-state index is -0.731. The number of non-ortho nitro benzene ring substituents is 1. The van der Waals surface area contributed by atoms with Gasteiger partial charge in [-0.1, -0.05) is 17.8 Å². The minimum absolute atomic E-state index is 0.00383. The fourth-order valence-corrected chi connectivity index (χ4v) is 2.83. The van der Waals surface area contributed by atoms with Gasteiger partial charge in [0.15, 0.2) is 5.16 Å². The van der Waals surface area contributed by atoms with E-state index in [2.05, 4.69) is 10.3 Å². The summed E-state index contributed by atoms with van der Waals surface area (Å²) >= 11 is 1.18. The summed E-state index contributed by atoms with van der Waals surface area (Å²) in [6.45, 7) is 0. The predicted octanol–water partition coefficient (Wildman–Crippen LogP) is 3.11. The van der Waals surface area contributed by atoms with Crippen molar-refractivity contribution in [1.29, 1.82) is 0 Å². The van der Waals surface area contributed by atoms with Gasteiger partial charge in [-0.2, -0.15) is 0 Å². The molecule has 7 nitrogen and oxygen atoms in total. The van der Waals surface area contributed by atoms with Crippen LogP contribution in [-0.2, 0) is 4.79 Å². The molecular formula is C15H11FN4O3S. The zero-order valence-corrected chi connectivity index (χ0v) is 13.0. The molecule has 1 amide bonds. The van der Waals surface area contributed by atoms with Gasteiger partial charge in [0.1, 0.15) is 5.82 Å². The number of hydrogen-bond acceptors (Lipinski definition) is 5. The Kier molecular flexibility index (Phi) is 4.43. The van der Waals surface area contributed by atoms with Crippen LogP contribution in [-0.4, -0.2) is 26.0 Å². The van der Waals surface area contributed by atoms with E-state index in [1.165, 1.54) is 11.8 Å². The maximum Gasteiger partial charge on any atom is 0.271 e. The van der Waals surface area contributed by atoms with Gasteiger partial charge in [-0.15, -0.1) is 0 Å². The van der Waals surface area contributed by atoms with Gasteiger partial charge < -0.3 is 5.32 Å². The second kappa shape index (κ2) is 6.67. The molecule has 0 saturated carbocycles. The van der Waals surface area contributed by atoms with Gasteiger partial charge in [-0.25, -0.2) is 9.37 Å². The molecule has 2 aromatic heterocycles. The Morgan fingerprint density at radius 1 is 1.38 bits per heavy atom. The third-order valence-corrected chi connectivity index (χ3v) is 4.14. The average molecular weight is 346 g/mol. The quantitative estimate of drug-likeness (QED) is 0.435. The lowest BCUT2D eigenvalue weighted by molar-refractivity contribution is -0.384. The molecule has 0 unspecified atom stereocenters. The number of anilines is 1. The number of nitrogens with zero attached hydrogens (tertiary/aromatic N) is 3. The van der Waals surface area contributed by atoms with Crippen molar-refractivity contribution in [3.8, 4) is 0 Å². The van der Waals surface area contributed by atoms with Crippen LogP contribution in [0.4, 0.5) is 15.8 Å². The standard InChI is InChI=1S/C15H11FN4O3S/c16-12-5-4-10(20(22)23)7-13(12)18-14(21)9-24-15-17-8-11-3-1-2-6-19(11)15/h1-8H,9H2,(H,18,21). The molecule has 24 heavy (non-hydrogen) atoms. The second-order valence-electron chi connectivity index (χ2n) is 4.79. The summed E-state index contributed by atoms with van der Waals surface area (Å²) in [6.07, 6.45) is 3.50. The highest BCUT2D eigenvalue weighted by atomic mass is 32.2. The van der Waals surface area contributed by atoms with E-state index >= 15 is 0 Å². The number of rotatable bonds is 5. The number of nitro groups is 1. The van der Waals surface area contributed by atoms with Crippen molar-refractivity contribution < 1.29 is 14.1 Å². The molecule has 3 rings (SSSR count). The van der Waals surface area contributed by atoms with Crippen molar-refractivity contribution in [2.75, 3.05) is 11.1 Å². The summed E-state index contributed by atoms with van der Waals surface area (Å²) in [6, 6.07) is 8.58. The number of hydrogen-bond donors (Lipinski definition) is 1. The summed E-state index contributed by atoms with van der Waals surface area (Å²) in [4.78, 5) is 26.2. The number of halogens is 1. The fraction of sp³-hybridized carbons (Fsp3) is 0.0667. The van der Waals surface area contributed by atoms with Crippen LogP contribution >= 0.6 is 11.8 Å². The normalized spacial score (nSPS) is 10.7. The molecule has 122 valence electrons. The summed E-state index contributed by atoms with van der Waals surface area (Å²) in [5, 5.41) is 13.7. The van der Waals surface area contributed by atoms with Crippen molar-refractivity contribution in [2.24, 2.45) is 0 Å². The third-order valence-electron chi connectivity index (χ3n) is 3.17. The SMILES string of the molecule is O=C(CSc1ncc2ccccn12)Nc1cc([N+](=O)[O-])ccc1F. The number of fused-ring (bicyclic) bond motifs is 1. The van der Waals surface area contributed by atoms with E-state index < -0.39 is 16.6 Å². The van der Waals surface area contributed by atoms with E-state index in [4.69, 9.17) is 0 Å². The number of carbonyl (C=O) groups is 1. The van der Waals surface area contributed by atoms with Gasteiger partial charge >= 0.3 is 0 Å². The van der Waals surface area contributed by atoms with Gasteiger partial charge in [-0.3, -0.25) is 19.3 Å². The Bertz CT molecular complexity index is 928. The maximum absolute atomic E-state index is 13.7. The van der Waals surface area contributed by atoms with Crippen LogP contribution < -0.4 is 5.32 Å². The van der Waals surface area contributed by atoms with Crippen LogP contribution in [0.2, 0.25) is 0 Å². The summed E-state index contributed by atoms with van der Waals surface area (Å²) in [5.41, 5.74) is 0.381. The highest BCUT2D eigenvalue weighted by Gasteiger charge is 2.14. The number of carbonyl (C=O) groups excluding carboxylic acids is 1. The molecule has 0 bridgehead atoms. The highest BCUT2D eigenvalue weighted by Crippen LogP contribution is 2.22. The molecule has 0 saturated heterocycles. The zero-order valence-electron chi connectivity index (χ0n) is 12.2. The van der Waals surface area contributed by atoms with Crippen LogP contribution in [0.1, 0.15) is 0 Å². The molecular weight excluding hydrogens is 335 g/mol. The largest absolute Gasteiger partial charge is 0.323 e. The van der Waals surface area contributed by atoms with Crippen LogP contribution in [0.3, 0.4) is 0 Å². The van der Waals surface area contributed by atoms with E-state index in [0.717, 1.165) is 23.7 Å².